The largest absolute Gasteiger partial charge is 0.462 e. The number of aliphatic hydroxyl groups excluding tert-OH is 1. The molecule has 11 nitrogen and oxygen atoms in total. The molecule has 0 aliphatic carbocycles. The first-order valence-corrected chi connectivity index (χ1v) is 10.2. The highest BCUT2D eigenvalue weighted by Crippen LogP contribution is 2.41. The fourth-order valence-electron chi connectivity index (χ4n) is 2.73. The number of aliphatic hydroxyl groups is 1. The van der Waals surface area contributed by atoms with Crippen LogP contribution in [-0.4, -0.2) is 57.3 Å². The van der Waals surface area contributed by atoms with Gasteiger partial charge in [-0.1, -0.05) is 0 Å². The molecule has 1 aliphatic rings. The van der Waals surface area contributed by atoms with E-state index in [2.05, 4.69) is 5.09 Å². The molecular weight excluding hydrogens is 412 g/mol. The highest BCUT2D eigenvalue weighted by Gasteiger charge is 2.55. The molecule has 29 heavy (non-hydrogen) atoms. The van der Waals surface area contributed by atoms with Crippen LogP contribution in [0.5, 0.6) is 0 Å². The lowest BCUT2D eigenvalue weighted by molar-refractivity contribution is -0.149. The summed E-state index contributed by atoms with van der Waals surface area (Å²) in [6.07, 6.45) is -3.78. The Bertz CT molecular complexity index is 870. The summed E-state index contributed by atoms with van der Waals surface area (Å²) < 4.78 is 43.3. The van der Waals surface area contributed by atoms with Gasteiger partial charge in [0.15, 0.2) is 11.9 Å². The van der Waals surface area contributed by atoms with Gasteiger partial charge in [0.25, 0.3) is 13.7 Å². The molecule has 3 N–H and O–H groups in total. The summed E-state index contributed by atoms with van der Waals surface area (Å²) in [5, 5.41) is 12.6. The monoisotopic (exact) mass is 437 g/mol. The van der Waals surface area contributed by atoms with Crippen molar-refractivity contribution in [1.29, 1.82) is 0 Å². The van der Waals surface area contributed by atoms with E-state index in [9.17, 15) is 24.1 Å². The average molecular weight is 437 g/mol. The van der Waals surface area contributed by atoms with Gasteiger partial charge < -0.3 is 19.1 Å². The Balaban J connectivity index is 2.00. The SMILES string of the molecule is CC(C)OC(=O)[C@H](C)N[PH](=O)OCC1O[C@@H](n2ccc(=O)[nH]c2=O)C(C)(F)[C@H]1O. The van der Waals surface area contributed by atoms with Gasteiger partial charge in [0.1, 0.15) is 18.2 Å². The number of rotatable bonds is 8. The molecule has 1 saturated heterocycles. The molecule has 1 aromatic heterocycles. The van der Waals surface area contributed by atoms with Gasteiger partial charge in [-0.3, -0.25) is 23.7 Å². The van der Waals surface area contributed by atoms with Crippen LogP contribution < -0.4 is 16.3 Å². The molecule has 6 atom stereocenters. The first-order chi connectivity index (χ1) is 13.4. The van der Waals surface area contributed by atoms with Crippen LogP contribution in [0.4, 0.5) is 4.39 Å². The molecule has 0 radical (unpaired) electrons. The smallest absolute Gasteiger partial charge is 0.330 e. The van der Waals surface area contributed by atoms with Gasteiger partial charge in [-0.2, -0.15) is 0 Å². The second-order valence-corrected chi connectivity index (χ2v) is 8.24. The van der Waals surface area contributed by atoms with Crippen molar-refractivity contribution in [3.63, 3.8) is 0 Å². The molecule has 0 spiro atoms. The average Bonchev–Trinajstić information content (AvgIpc) is 2.82. The Hall–Kier alpha value is -1.85. The Kier molecular flexibility index (Phi) is 7.52. The van der Waals surface area contributed by atoms with E-state index in [4.69, 9.17) is 14.0 Å². The van der Waals surface area contributed by atoms with Crippen LogP contribution in [0.1, 0.15) is 33.9 Å². The highest BCUT2D eigenvalue weighted by molar-refractivity contribution is 7.36. The van der Waals surface area contributed by atoms with E-state index in [0.29, 0.717) is 0 Å². The molecule has 2 heterocycles. The molecule has 1 aromatic rings. The molecular formula is C16H25FN3O8P. The predicted octanol–water partition coefficient (Wildman–Crippen LogP) is -0.141. The number of alkyl halides is 1. The number of nitrogens with one attached hydrogen (secondary N) is 2. The summed E-state index contributed by atoms with van der Waals surface area (Å²) in [6, 6.07) is 0.106. The van der Waals surface area contributed by atoms with E-state index < -0.39 is 62.2 Å². The summed E-state index contributed by atoms with van der Waals surface area (Å²) in [7, 11) is -2.94. The molecule has 13 heteroatoms. The lowest BCUT2D eigenvalue weighted by Crippen LogP contribution is -2.43. The second-order valence-electron chi connectivity index (χ2n) is 7.09. The third-order valence-electron chi connectivity index (χ3n) is 4.24. The molecule has 164 valence electrons. The number of hydrogen-bond donors (Lipinski definition) is 3. The van der Waals surface area contributed by atoms with Crippen LogP contribution >= 0.6 is 8.18 Å². The summed E-state index contributed by atoms with van der Waals surface area (Å²) in [5.74, 6) is -0.618. The van der Waals surface area contributed by atoms with Gasteiger partial charge in [0, 0.05) is 12.3 Å². The van der Waals surface area contributed by atoms with Gasteiger partial charge >= 0.3 is 11.7 Å². The molecule has 0 amide bonds. The number of aromatic nitrogens is 2. The normalized spacial score (nSPS) is 29.0. The first-order valence-electron chi connectivity index (χ1n) is 8.91. The van der Waals surface area contributed by atoms with Crippen LogP contribution in [0.25, 0.3) is 0 Å². The number of nitrogens with zero attached hydrogens (tertiary/aromatic N) is 1. The first kappa shape index (κ1) is 23.4. The second kappa shape index (κ2) is 9.31. The van der Waals surface area contributed by atoms with E-state index in [-0.39, 0.29) is 6.10 Å². The Morgan fingerprint density at radius 2 is 2.14 bits per heavy atom. The maximum absolute atomic E-state index is 15.0. The zero-order valence-corrected chi connectivity index (χ0v) is 17.4. The predicted molar refractivity (Wildman–Crippen MR) is 99.5 cm³/mol. The molecule has 1 fully saturated rings. The number of aromatic amines is 1. The fourth-order valence-corrected chi connectivity index (χ4v) is 3.60. The third kappa shape index (κ3) is 5.61. The van der Waals surface area contributed by atoms with Crippen molar-refractivity contribution in [2.75, 3.05) is 6.61 Å². The van der Waals surface area contributed by atoms with E-state index in [1.165, 1.54) is 6.92 Å². The van der Waals surface area contributed by atoms with Crippen molar-refractivity contribution in [2.45, 2.75) is 63.9 Å². The molecule has 1 aliphatic heterocycles. The maximum Gasteiger partial charge on any atom is 0.330 e. The van der Waals surface area contributed by atoms with Crippen molar-refractivity contribution in [3.05, 3.63) is 33.1 Å². The molecule has 0 aromatic carbocycles. The fraction of sp³-hybridized carbons (Fsp3) is 0.688. The van der Waals surface area contributed by atoms with Gasteiger partial charge in [-0.15, -0.1) is 0 Å². The minimum Gasteiger partial charge on any atom is -0.462 e. The van der Waals surface area contributed by atoms with E-state index in [1.54, 1.807) is 13.8 Å². The van der Waals surface area contributed by atoms with Crippen LogP contribution in [0.3, 0.4) is 0 Å². The third-order valence-corrected chi connectivity index (χ3v) is 5.34. The standard InChI is InChI=1S/C16H25FN3O8P/c1-8(2)27-13(23)9(3)19-29(25)26-7-10-12(22)16(4,17)14(28-10)20-6-5-11(21)18-15(20)24/h5-6,8-10,12,14,22,29H,7H2,1-4H3,(H,19,25)(H,18,21,24)/t9-,10?,12-,14+,16?/m0/s1. The van der Waals surface area contributed by atoms with E-state index >= 15 is 4.39 Å². The van der Waals surface area contributed by atoms with Gasteiger partial charge in [-0.05, 0) is 27.7 Å². The molecule has 0 saturated carbocycles. The van der Waals surface area contributed by atoms with Gasteiger partial charge in [0.2, 0.25) is 0 Å². The van der Waals surface area contributed by atoms with Crippen LogP contribution in [0.2, 0.25) is 0 Å². The lowest BCUT2D eigenvalue weighted by atomic mass is 9.98. The zero-order chi connectivity index (χ0) is 21.9. The van der Waals surface area contributed by atoms with Crippen molar-refractivity contribution in [1.82, 2.24) is 14.6 Å². The minimum absolute atomic E-state index is 0.340. The lowest BCUT2D eigenvalue weighted by Gasteiger charge is -2.24. The van der Waals surface area contributed by atoms with Gasteiger partial charge in [0.05, 0.1) is 12.7 Å². The molecule has 2 rings (SSSR count). The zero-order valence-electron chi connectivity index (χ0n) is 16.4. The number of hydrogen-bond acceptors (Lipinski definition) is 8. The Morgan fingerprint density at radius 1 is 1.48 bits per heavy atom. The van der Waals surface area contributed by atoms with Crippen LogP contribution in [-0.2, 0) is 23.4 Å². The summed E-state index contributed by atoms with van der Waals surface area (Å²) in [5.41, 5.74) is -3.97. The van der Waals surface area contributed by atoms with Gasteiger partial charge in [-0.25, -0.2) is 14.3 Å². The number of esters is 1. The summed E-state index contributed by atoms with van der Waals surface area (Å²) in [4.78, 5) is 36.8. The number of carbonyl (C=O) groups is 1. The van der Waals surface area contributed by atoms with Crippen molar-refractivity contribution in [3.8, 4) is 0 Å². The topological polar surface area (TPSA) is 149 Å². The van der Waals surface area contributed by atoms with Crippen molar-refractivity contribution < 1.29 is 32.9 Å². The van der Waals surface area contributed by atoms with Crippen LogP contribution in [0, 0.1) is 0 Å². The van der Waals surface area contributed by atoms with Crippen molar-refractivity contribution in [2.24, 2.45) is 0 Å². The number of H-pyrrole nitrogens is 1. The molecule has 3 unspecified atom stereocenters. The van der Waals surface area contributed by atoms with E-state index in [1.807, 2.05) is 4.98 Å². The minimum atomic E-state index is -2.94. The van der Waals surface area contributed by atoms with Crippen LogP contribution in [0.15, 0.2) is 21.9 Å². The summed E-state index contributed by atoms with van der Waals surface area (Å²) >= 11 is 0. The highest BCUT2D eigenvalue weighted by atomic mass is 31.1. The maximum atomic E-state index is 15.0. The molecule has 0 bridgehead atoms. The summed E-state index contributed by atoms with van der Waals surface area (Å²) in [6.45, 7) is 5.34. The van der Waals surface area contributed by atoms with Crippen molar-refractivity contribution >= 4 is 14.1 Å². The number of halogens is 1. The Labute approximate surface area is 166 Å². The Morgan fingerprint density at radius 3 is 2.72 bits per heavy atom. The van der Waals surface area contributed by atoms with E-state index in [0.717, 1.165) is 23.8 Å². The number of ether oxygens (including phenoxy) is 2. The quantitative estimate of drug-likeness (QED) is 0.373. The number of carbonyl (C=O) groups excluding carboxylic acids is 1.